The van der Waals surface area contributed by atoms with Gasteiger partial charge in [0.15, 0.2) is 16.6 Å². The van der Waals surface area contributed by atoms with Gasteiger partial charge in [-0.3, -0.25) is 9.69 Å². The van der Waals surface area contributed by atoms with E-state index in [2.05, 4.69) is 106 Å². The van der Waals surface area contributed by atoms with Crippen molar-refractivity contribution in [3.05, 3.63) is 36.0 Å². The first-order valence-corrected chi connectivity index (χ1v) is 31.3. The maximum atomic E-state index is 14.0. The monoisotopic (exact) mass is 960 g/mol. The third-order valence-corrected chi connectivity index (χ3v) is 27.1. The second kappa shape index (κ2) is 25.8. The topological polar surface area (TPSA) is 114 Å². The average Bonchev–Trinajstić information content (AvgIpc) is 4.05. The van der Waals surface area contributed by atoms with Crippen LogP contribution >= 0.6 is 0 Å². The zero-order valence-corrected chi connectivity index (χ0v) is 46.5. The van der Waals surface area contributed by atoms with Crippen molar-refractivity contribution in [2.75, 3.05) is 46.3 Å². The molecule has 4 rings (SSSR count). The van der Waals surface area contributed by atoms with Crippen molar-refractivity contribution >= 4 is 28.7 Å². The molecule has 11 nitrogen and oxygen atoms in total. The van der Waals surface area contributed by atoms with Crippen molar-refractivity contribution in [2.45, 2.75) is 225 Å². The predicted molar refractivity (Wildman–Crippen MR) is 275 cm³/mol. The molecule has 3 fully saturated rings. The Bertz CT molecular complexity index is 1580. The molecular weight excluding hydrogens is 863 g/mol. The van der Waals surface area contributed by atoms with Gasteiger partial charge >= 0.3 is 12.1 Å². The number of rotatable bonds is 20. The van der Waals surface area contributed by atoms with Crippen LogP contribution in [0.1, 0.15) is 142 Å². The van der Waals surface area contributed by atoms with E-state index in [-0.39, 0.29) is 60.7 Å². The summed E-state index contributed by atoms with van der Waals surface area (Å²) in [5, 5.41) is 11.6. The molecule has 0 bridgehead atoms. The van der Waals surface area contributed by atoms with E-state index in [1.165, 1.54) is 12.8 Å². The highest BCUT2D eigenvalue weighted by Gasteiger charge is 2.49. The molecule has 0 aromatic rings. The third-order valence-electron chi connectivity index (χ3n) is 16.5. The molecular formula is C53H97N3O8Si2. The Balaban J connectivity index is 1.50. The molecule has 4 aliphatic rings. The number of epoxide rings is 1. The minimum absolute atomic E-state index is 0.0135. The number of aliphatic hydroxyl groups is 1. The van der Waals surface area contributed by atoms with Crippen LogP contribution in [0.25, 0.3) is 0 Å². The normalized spacial score (nSPS) is 29.8. The summed E-state index contributed by atoms with van der Waals surface area (Å²) in [5.41, 5.74) is 0.724. The Labute approximate surface area is 405 Å². The number of esters is 1. The summed E-state index contributed by atoms with van der Waals surface area (Å²) in [5.74, 6) is -0.229. The summed E-state index contributed by atoms with van der Waals surface area (Å²) in [6.45, 7) is 36.0. The Morgan fingerprint density at radius 3 is 2.06 bits per heavy atom. The Morgan fingerprint density at radius 2 is 1.50 bits per heavy atom. The lowest BCUT2D eigenvalue weighted by Gasteiger charge is -2.42. The number of cyclic esters (lactones) is 1. The number of piperidine rings is 1. The van der Waals surface area contributed by atoms with Crippen LogP contribution in [-0.4, -0.2) is 143 Å². The van der Waals surface area contributed by atoms with Crippen LogP contribution in [0.15, 0.2) is 36.0 Å². The van der Waals surface area contributed by atoms with E-state index >= 15 is 0 Å². The summed E-state index contributed by atoms with van der Waals surface area (Å²) in [4.78, 5) is 34.7. The number of hydrogen-bond acceptors (Lipinski definition) is 10. The number of piperazine rings is 1. The third kappa shape index (κ3) is 15.6. The van der Waals surface area contributed by atoms with Crippen molar-refractivity contribution in [3.8, 4) is 0 Å². The molecule has 380 valence electrons. The lowest BCUT2D eigenvalue weighted by Crippen LogP contribution is -2.54. The molecule has 66 heavy (non-hydrogen) atoms. The van der Waals surface area contributed by atoms with E-state index in [0.717, 1.165) is 68.8 Å². The van der Waals surface area contributed by atoms with Crippen LogP contribution in [0.4, 0.5) is 4.79 Å². The molecule has 0 radical (unpaired) electrons. The molecule has 0 saturated carbocycles. The zero-order chi connectivity index (χ0) is 49.0. The minimum Gasteiger partial charge on any atom is -0.457 e. The number of allylic oxidation sites excluding steroid dienone is 2. The van der Waals surface area contributed by atoms with E-state index in [4.69, 9.17) is 23.1 Å². The molecule has 1 N–H and O–H groups in total. The van der Waals surface area contributed by atoms with E-state index in [0.29, 0.717) is 43.1 Å². The lowest BCUT2D eigenvalue weighted by molar-refractivity contribution is -0.151. The molecule has 10 unspecified atom stereocenters. The SMILES string of the molecule is CCC(O[Si](CC)(CC)C(C)C)C(C)C1OC1CC(C)(O)/C=C/C=C(\C)C1OC(=O)CC(O[Si](CC)(CC)C(C)C)CCC(C)C(OC(=O)N2CCN(C3CCN(C)CC3)CC2)/C=C/C1C. The zero-order valence-electron chi connectivity index (χ0n) is 44.5. The van der Waals surface area contributed by atoms with Gasteiger partial charge in [0.2, 0.25) is 0 Å². The van der Waals surface area contributed by atoms with Crippen molar-refractivity contribution < 1.29 is 37.8 Å². The van der Waals surface area contributed by atoms with Crippen LogP contribution in [0.3, 0.4) is 0 Å². The number of hydrogen-bond donors (Lipinski definition) is 1. The van der Waals surface area contributed by atoms with Crippen LogP contribution < -0.4 is 0 Å². The fraction of sp³-hybridized carbons (Fsp3) is 0.849. The molecule has 1 amide bonds. The molecule has 0 aromatic heterocycles. The van der Waals surface area contributed by atoms with Gasteiger partial charge in [-0.2, -0.15) is 0 Å². The summed E-state index contributed by atoms with van der Waals surface area (Å²) in [6.07, 6.45) is 13.7. The highest BCUT2D eigenvalue weighted by Crippen LogP contribution is 2.41. The molecule has 0 spiro atoms. The summed E-state index contributed by atoms with van der Waals surface area (Å²) in [6, 6.07) is 4.77. The maximum Gasteiger partial charge on any atom is 0.410 e. The maximum absolute atomic E-state index is 14.0. The van der Waals surface area contributed by atoms with Gasteiger partial charge in [-0.1, -0.05) is 107 Å². The summed E-state index contributed by atoms with van der Waals surface area (Å²) >= 11 is 0. The Kier molecular flexibility index (Phi) is 22.2. The number of carbonyl (C=O) groups excluding carboxylic acids is 2. The summed E-state index contributed by atoms with van der Waals surface area (Å²) in [7, 11) is -1.81. The molecule has 13 heteroatoms. The molecule has 4 aliphatic heterocycles. The van der Waals surface area contributed by atoms with Gasteiger partial charge in [-0.15, -0.1) is 0 Å². The Hall–Kier alpha value is -1.85. The van der Waals surface area contributed by atoms with Crippen molar-refractivity contribution in [1.82, 2.24) is 14.7 Å². The van der Waals surface area contributed by atoms with Crippen LogP contribution in [0.5, 0.6) is 0 Å². The van der Waals surface area contributed by atoms with E-state index < -0.39 is 34.4 Å². The molecule has 0 aromatic carbocycles. The van der Waals surface area contributed by atoms with Gasteiger partial charge < -0.3 is 38.0 Å². The van der Waals surface area contributed by atoms with Crippen LogP contribution in [0.2, 0.25) is 35.3 Å². The van der Waals surface area contributed by atoms with Gasteiger partial charge in [0, 0.05) is 56.6 Å². The summed E-state index contributed by atoms with van der Waals surface area (Å²) < 4.78 is 33.2. The van der Waals surface area contributed by atoms with Crippen LogP contribution in [-0.2, 0) is 27.9 Å². The number of carbonyl (C=O) groups is 2. The smallest absolute Gasteiger partial charge is 0.410 e. The highest BCUT2D eigenvalue weighted by atomic mass is 28.4. The number of ether oxygens (including phenoxy) is 3. The van der Waals surface area contributed by atoms with Crippen LogP contribution in [0, 0.1) is 17.8 Å². The second-order valence-electron chi connectivity index (χ2n) is 21.8. The highest BCUT2D eigenvalue weighted by molar-refractivity contribution is 6.75. The van der Waals surface area contributed by atoms with E-state index in [9.17, 15) is 14.7 Å². The molecule has 0 aliphatic carbocycles. The number of likely N-dealkylation sites (tertiary alicyclic amines) is 1. The first-order chi connectivity index (χ1) is 31.2. The number of amides is 1. The average molecular weight is 961 g/mol. The second-order valence-corrected chi connectivity index (χ2v) is 31.7. The van der Waals surface area contributed by atoms with Crippen molar-refractivity contribution in [2.24, 2.45) is 17.8 Å². The number of nitrogens with zero attached hydrogens (tertiary/aromatic N) is 3. The first-order valence-electron chi connectivity index (χ1n) is 26.5. The Morgan fingerprint density at radius 1 is 0.894 bits per heavy atom. The predicted octanol–water partition coefficient (Wildman–Crippen LogP) is 11.1. The molecule has 4 heterocycles. The first kappa shape index (κ1) is 56.7. The quantitative estimate of drug-likeness (QED) is 0.0416. The van der Waals surface area contributed by atoms with Gasteiger partial charge in [0.05, 0.1) is 30.3 Å². The van der Waals surface area contributed by atoms with Crippen molar-refractivity contribution in [3.63, 3.8) is 0 Å². The van der Waals surface area contributed by atoms with E-state index in [1.807, 2.05) is 43.1 Å². The molecule has 10 atom stereocenters. The minimum atomic E-state index is -2.15. The molecule has 3 saturated heterocycles. The standard InChI is InChI=1S/C53H97N3O8Si2/c1-16-46(64-66(19-4,20-5)39(8)9)43(13)51-48(60-51)37-53(14,59)29-21-22-41(11)50-42(12)24-26-47(61-52(58)56-34-32-55(33-35-56)44-27-30-54(15)31-28-44)40(10)23-25-45(36-49(57)62-50)63-65(17-2,18-3)38(6)7/h21-22,24,26,29,38-40,42-48,50-51,59H,16-20,23,25,27-28,30-37H2,1-15H3/b26-24+,29-21+,41-22+. The van der Waals surface area contributed by atoms with Gasteiger partial charge in [-0.05, 0) is 119 Å². The van der Waals surface area contributed by atoms with Gasteiger partial charge in [-0.25, -0.2) is 4.79 Å². The van der Waals surface area contributed by atoms with Gasteiger partial charge in [0.1, 0.15) is 12.2 Å². The largest absolute Gasteiger partial charge is 0.457 e. The van der Waals surface area contributed by atoms with Crippen molar-refractivity contribution in [1.29, 1.82) is 0 Å². The fourth-order valence-electron chi connectivity index (χ4n) is 11.3. The lowest BCUT2D eigenvalue weighted by atomic mass is 9.91. The van der Waals surface area contributed by atoms with E-state index in [1.54, 1.807) is 0 Å². The van der Waals surface area contributed by atoms with Gasteiger partial charge in [0.25, 0.3) is 0 Å². The fourth-order valence-corrected chi connectivity index (χ4v) is 18.6.